The normalized spacial score (nSPS) is 18.7. The van der Waals surface area contributed by atoms with Crippen LogP contribution >= 0.6 is 0 Å². The van der Waals surface area contributed by atoms with Gasteiger partial charge in [-0.25, -0.2) is 0 Å². The van der Waals surface area contributed by atoms with Crippen LogP contribution in [0, 0.1) is 17.8 Å². The fraction of sp³-hybridized carbons (Fsp3) is 0.667. The maximum atomic E-state index is 3.74. The molecule has 0 atom stereocenters. The van der Waals surface area contributed by atoms with E-state index in [1.807, 2.05) is 7.05 Å². The average Bonchev–Trinajstić information content (AvgIpc) is 3.36. The van der Waals surface area contributed by atoms with Crippen LogP contribution in [0.2, 0.25) is 0 Å². The Morgan fingerprint density at radius 2 is 1.70 bits per heavy atom. The van der Waals surface area contributed by atoms with E-state index in [0.717, 1.165) is 37.3 Å². The molecule has 0 amide bonds. The standard InChI is InChI=1S/C18H28N2/c1-19-11-10-14-4-2-3-5-17(14)12-20-13-18(15-6-7-15)16-8-9-16/h2-5,15-16,18-20H,6-13H2,1H3. The van der Waals surface area contributed by atoms with Crippen molar-refractivity contribution in [1.82, 2.24) is 10.6 Å². The lowest BCUT2D eigenvalue weighted by molar-refractivity contribution is 0.378. The number of hydrogen-bond acceptors (Lipinski definition) is 2. The van der Waals surface area contributed by atoms with Crippen LogP contribution in [0.4, 0.5) is 0 Å². The van der Waals surface area contributed by atoms with Crippen molar-refractivity contribution in [1.29, 1.82) is 0 Å². The van der Waals surface area contributed by atoms with Gasteiger partial charge in [0.2, 0.25) is 0 Å². The van der Waals surface area contributed by atoms with Crippen molar-refractivity contribution >= 4 is 0 Å². The first-order chi connectivity index (χ1) is 9.88. The molecule has 2 saturated carbocycles. The second kappa shape index (κ2) is 6.73. The highest BCUT2D eigenvalue weighted by Gasteiger charge is 2.40. The molecule has 2 N–H and O–H groups in total. The largest absolute Gasteiger partial charge is 0.319 e. The molecule has 0 aliphatic heterocycles. The Balaban J connectivity index is 1.49. The van der Waals surface area contributed by atoms with Gasteiger partial charge in [-0.3, -0.25) is 0 Å². The van der Waals surface area contributed by atoms with Crippen molar-refractivity contribution in [3.05, 3.63) is 35.4 Å². The van der Waals surface area contributed by atoms with Gasteiger partial charge in [-0.15, -0.1) is 0 Å². The van der Waals surface area contributed by atoms with Gasteiger partial charge in [-0.1, -0.05) is 24.3 Å². The fourth-order valence-corrected chi connectivity index (χ4v) is 3.37. The highest BCUT2D eigenvalue weighted by molar-refractivity contribution is 5.27. The second-order valence-corrected chi connectivity index (χ2v) is 6.59. The predicted molar refractivity (Wildman–Crippen MR) is 84.7 cm³/mol. The van der Waals surface area contributed by atoms with Crippen LogP contribution in [0.3, 0.4) is 0 Å². The first-order valence-electron chi connectivity index (χ1n) is 8.30. The van der Waals surface area contributed by atoms with Crippen LogP contribution in [0.25, 0.3) is 0 Å². The summed E-state index contributed by atoms with van der Waals surface area (Å²) >= 11 is 0. The molecule has 20 heavy (non-hydrogen) atoms. The Bertz CT molecular complexity index is 409. The van der Waals surface area contributed by atoms with Gasteiger partial charge < -0.3 is 10.6 Å². The molecule has 2 aliphatic carbocycles. The van der Waals surface area contributed by atoms with Gasteiger partial charge in [0.05, 0.1) is 0 Å². The van der Waals surface area contributed by atoms with Gasteiger partial charge in [-0.05, 0) is 81.1 Å². The van der Waals surface area contributed by atoms with E-state index in [0.29, 0.717) is 0 Å². The van der Waals surface area contributed by atoms with Crippen molar-refractivity contribution < 1.29 is 0 Å². The topological polar surface area (TPSA) is 24.1 Å². The van der Waals surface area contributed by atoms with Crippen LogP contribution in [0.5, 0.6) is 0 Å². The zero-order chi connectivity index (χ0) is 13.8. The Hall–Kier alpha value is -0.860. The van der Waals surface area contributed by atoms with E-state index < -0.39 is 0 Å². The Morgan fingerprint density at radius 3 is 2.30 bits per heavy atom. The molecule has 2 fully saturated rings. The number of nitrogens with one attached hydrogen (secondary N) is 2. The van der Waals surface area contributed by atoms with Crippen molar-refractivity contribution in [3.63, 3.8) is 0 Å². The number of rotatable bonds is 9. The molecule has 2 nitrogen and oxygen atoms in total. The summed E-state index contributed by atoms with van der Waals surface area (Å²) in [4.78, 5) is 0. The summed E-state index contributed by atoms with van der Waals surface area (Å²) in [6, 6.07) is 8.87. The first kappa shape index (κ1) is 14.1. The number of likely N-dealkylation sites (N-methyl/N-ethyl adjacent to an activating group) is 1. The van der Waals surface area contributed by atoms with Crippen LogP contribution < -0.4 is 10.6 Å². The Labute approximate surface area is 123 Å². The summed E-state index contributed by atoms with van der Waals surface area (Å²) in [5.74, 6) is 3.07. The Morgan fingerprint density at radius 1 is 1.05 bits per heavy atom. The molecule has 110 valence electrons. The summed E-state index contributed by atoms with van der Waals surface area (Å²) in [5, 5.41) is 6.98. The van der Waals surface area contributed by atoms with Gasteiger partial charge >= 0.3 is 0 Å². The second-order valence-electron chi connectivity index (χ2n) is 6.59. The van der Waals surface area contributed by atoms with E-state index in [9.17, 15) is 0 Å². The zero-order valence-electron chi connectivity index (χ0n) is 12.7. The van der Waals surface area contributed by atoms with E-state index in [4.69, 9.17) is 0 Å². The smallest absolute Gasteiger partial charge is 0.0208 e. The molecule has 0 bridgehead atoms. The molecule has 0 unspecified atom stereocenters. The molecule has 0 heterocycles. The van der Waals surface area contributed by atoms with Gasteiger partial charge in [0.15, 0.2) is 0 Å². The van der Waals surface area contributed by atoms with Crippen molar-refractivity contribution in [2.45, 2.75) is 38.6 Å². The highest BCUT2D eigenvalue weighted by Crippen LogP contribution is 2.48. The first-order valence-corrected chi connectivity index (χ1v) is 8.30. The minimum atomic E-state index is 0.972. The fourth-order valence-electron chi connectivity index (χ4n) is 3.37. The third-order valence-corrected chi connectivity index (χ3v) is 4.91. The van der Waals surface area contributed by atoms with Crippen LogP contribution in [0.15, 0.2) is 24.3 Å². The SMILES string of the molecule is CNCCc1ccccc1CNCC(C1CC1)C1CC1. The molecule has 0 saturated heterocycles. The van der Waals surface area contributed by atoms with E-state index in [1.165, 1.54) is 43.4 Å². The molecule has 1 aromatic carbocycles. The van der Waals surface area contributed by atoms with E-state index in [1.54, 1.807) is 0 Å². The van der Waals surface area contributed by atoms with Gasteiger partial charge in [0.1, 0.15) is 0 Å². The predicted octanol–water partition coefficient (Wildman–Crippen LogP) is 2.97. The van der Waals surface area contributed by atoms with Crippen LogP contribution in [-0.2, 0) is 13.0 Å². The molecular formula is C18H28N2. The lowest BCUT2D eigenvalue weighted by Crippen LogP contribution is -2.25. The van der Waals surface area contributed by atoms with Crippen LogP contribution in [0.1, 0.15) is 36.8 Å². The highest BCUT2D eigenvalue weighted by atomic mass is 14.9. The quantitative estimate of drug-likeness (QED) is 0.722. The molecule has 0 radical (unpaired) electrons. The molecule has 3 rings (SSSR count). The van der Waals surface area contributed by atoms with Crippen LogP contribution in [-0.4, -0.2) is 20.1 Å². The molecule has 1 aromatic rings. The molecular weight excluding hydrogens is 244 g/mol. The van der Waals surface area contributed by atoms with E-state index >= 15 is 0 Å². The molecule has 0 spiro atoms. The maximum absolute atomic E-state index is 3.74. The Kier molecular flexibility index (Phi) is 4.74. The minimum Gasteiger partial charge on any atom is -0.319 e. The van der Waals surface area contributed by atoms with Crippen molar-refractivity contribution in [2.24, 2.45) is 17.8 Å². The maximum Gasteiger partial charge on any atom is 0.0208 e. The summed E-state index contributed by atoms with van der Waals surface area (Å²) < 4.78 is 0. The summed E-state index contributed by atoms with van der Waals surface area (Å²) in [6.45, 7) is 3.33. The summed E-state index contributed by atoms with van der Waals surface area (Å²) in [6.07, 6.45) is 7.08. The van der Waals surface area contributed by atoms with E-state index in [-0.39, 0.29) is 0 Å². The average molecular weight is 272 g/mol. The number of hydrogen-bond donors (Lipinski definition) is 2. The summed E-state index contributed by atoms with van der Waals surface area (Å²) in [7, 11) is 2.02. The van der Waals surface area contributed by atoms with Gasteiger partial charge in [0, 0.05) is 6.54 Å². The monoisotopic (exact) mass is 272 g/mol. The third kappa shape index (κ3) is 3.83. The molecule has 2 aliphatic rings. The van der Waals surface area contributed by atoms with Gasteiger partial charge in [0.25, 0.3) is 0 Å². The minimum absolute atomic E-state index is 0.972. The number of benzene rings is 1. The van der Waals surface area contributed by atoms with E-state index in [2.05, 4.69) is 34.9 Å². The van der Waals surface area contributed by atoms with Crippen molar-refractivity contribution in [3.8, 4) is 0 Å². The molecule has 2 heteroatoms. The third-order valence-electron chi connectivity index (χ3n) is 4.91. The lowest BCUT2D eigenvalue weighted by Gasteiger charge is -2.17. The zero-order valence-corrected chi connectivity index (χ0v) is 12.7. The lowest BCUT2D eigenvalue weighted by atomic mass is 9.97. The van der Waals surface area contributed by atoms with Gasteiger partial charge in [-0.2, -0.15) is 0 Å². The summed E-state index contributed by atoms with van der Waals surface area (Å²) in [5.41, 5.74) is 2.97. The molecule has 0 aromatic heterocycles. The van der Waals surface area contributed by atoms with Crippen molar-refractivity contribution in [2.75, 3.05) is 20.1 Å².